The van der Waals surface area contributed by atoms with Crippen LogP contribution in [0.15, 0.2) is 47.1 Å². The van der Waals surface area contributed by atoms with Crippen molar-refractivity contribution in [3.63, 3.8) is 0 Å². The lowest BCUT2D eigenvalue weighted by molar-refractivity contribution is -0.136. The molecule has 2 N–H and O–H groups in total. The smallest absolute Gasteiger partial charge is 0.338 e. The summed E-state index contributed by atoms with van der Waals surface area (Å²) in [5, 5.41) is 9.97. The van der Waals surface area contributed by atoms with Gasteiger partial charge in [0.2, 0.25) is 5.88 Å². The van der Waals surface area contributed by atoms with Crippen LogP contribution in [0, 0.1) is 11.3 Å². The summed E-state index contributed by atoms with van der Waals surface area (Å²) in [6.45, 7) is 1.84. The van der Waals surface area contributed by atoms with Crippen molar-refractivity contribution in [3.8, 4) is 6.07 Å². The number of rotatable bonds is 3. The van der Waals surface area contributed by atoms with Gasteiger partial charge < -0.3 is 15.2 Å². The third-order valence-electron chi connectivity index (χ3n) is 3.43. The summed E-state index contributed by atoms with van der Waals surface area (Å²) in [6.07, 6.45) is 0.452. The minimum absolute atomic E-state index is 0.00644. The maximum Gasteiger partial charge on any atom is 0.338 e. The van der Waals surface area contributed by atoms with E-state index in [4.69, 9.17) is 26.8 Å². The minimum atomic E-state index is -0.626. The highest BCUT2D eigenvalue weighted by Crippen LogP contribution is 2.40. The molecule has 22 heavy (non-hydrogen) atoms. The zero-order chi connectivity index (χ0) is 16.3. The number of hydrogen-bond acceptors (Lipinski definition) is 5. The molecule has 1 aliphatic heterocycles. The zero-order valence-corrected chi connectivity index (χ0v) is 13.0. The maximum absolute atomic E-state index is 12.2. The number of benzene rings is 1. The Balaban J connectivity index is 2.66. The Kier molecular flexibility index (Phi) is 4.74. The molecule has 2 rings (SSSR count). The van der Waals surface area contributed by atoms with E-state index in [0.29, 0.717) is 17.2 Å². The van der Waals surface area contributed by atoms with Crippen LogP contribution < -0.4 is 5.73 Å². The van der Waals surface area contributed by atoms with E-state index in [2.05, 4.69) is 0 Å². The molecule has 1 aromatic carbocycles. The Morgan fingerprint density at radius 2 is 2.09 bits per heavy atom. The Morgan fingerprint density at radius 1 is 1.45 bits per heavy atom. The summed E-state index contributed by atoms with van der Waals surface area (Å²) in [5.74, 6) is -0.759. The number of carbonyl (C=O) groups is 1. The Bertz CT molecular complexity index is 699. The quantitative estimate of drug-likeness (QED) is 0.866. The number of allylic oxidation sites excluding steroid dienone is 2. The van der Waals surface area contributed by atoms with Gasteiger partial charge in [-0.2, -0.15) is 5.26 Å². The van der Waals surface area contributed by atoms with Gasteiger partial charge in [-0.05, 0) is 17.7 Å². The second-order valence-electron chi connectivity index (χ2n) is 4.66. The first-order valence-electron chi connectivity index (χ1n) is 6.67. The van der Waals surface area contributed by atoms with E-state index in [1.807, 2.05) is 13.0 Å². The van der Waals surface area contributed by atoms with Crippen LogP contribution in [0.25, 0.3) is 0 Å². The number of halogens is 1. The fraction of sp³-hybridized carbons (Fsp3) is 0.250. The van der Waals surface area contributed by atoms with Gasteiger partial charge in [0, 0.05) is 11.4 Å². The van der Waals surface area contributed by atoms with Crippen molar-refractivity contribution in [1.29, 1.82) is 5.26 Å². The number of nitrogens with two attached hydrogens (primary N) is 1. The third kappa shape index (κ3) is 2.78. The van der Waals surface area contributed by atoms with Crippen molar-refractivity contribution >= 4 is 17.6 Å². The highest BCUT2D eigenvalue weighted by molar-refractivity contribution is 6.30. The molecule has 0 spiro atoms. The molecular formula is C16H15ClN2O3. The van der Waals surface area contributed by atoms with Gasteiger partial charge in [0.1, 0.15) is 17.4 Å². The molecule has 5 nitrogen and oxygen atoms in total. The highest BCUT2D eigenvalue weighted by Gasteiger charge is 2.36. The Labute approximate surface area is 133 Å². The predicted molar refractivity (Wildman–Crippen MR) is 81.4 cm³/mol. The van der Waals surface area contributed by atoms with Gasteiger partial charge >= 0.3 is 5.97 Å². The second kappa shape index (κ2) is 6.54. The second-order valence-corrected chi connectivity index (χ2v) is 5.09. The molecule has 0 radical (unpaired) electrons. The number of ether oxygens (including phenoxy) is 2. The van der Waals surface area contributed by atoms with Crippen LogP contribution in [0.4, 0.5) is 0 Å². The summed E-state index contributed by atoms with van der Waals surface area (Å²) in [5.41, 5.74) is 7.03. The van der Waals surface area contributed by atoms with Gasteiger partial charge in [-0.25, -0.2) is 4.79 Å². The summed E-state index contributed by atoms with van der Waals surface area (Å²) in [4.78, 5) is 12.2. The van der Waals surface area contributed by atoms with Crippen molar-refractivity contribution < 1.29 is 14.3 Å². The molecule has 0 saturated heterocycles. The first kappa shape index (κ1) is 15.9. The summed E-state index contributed by atoms with van der Waals surface area (Å²) >= 11 is 5.90. The lowest BCUT2D eigenvalue weighted by Crippen LogP contribution is -2.25. The number of methoxy groups -OCH3 is 1. The van der Waals surface area contributed by atoms with E-state index in [-0.39, 0.29) is 17.0 Å². The molecule has 1 aliphatic rings. The molecule has 114 valence electrons. The van der Waals surface area contributed by atoms with Crippen LogP contribution in [0.2, 0.25) is 5.02 Å². The van der Waals surface area contributed by atoms with E-state index < -0.39 is 11.9 Å². The van der Waals surface area contributed by atoms with E-state index in [9.17, 15) is 10.1 Å². The number of esters is 1. The van der Waals surface area contributed by atoms with Crippen LogP contribution in [0.3, 0.4) is 0 Å². The first-order valence-corrected chi connectivity index (χ1v) is 7.05. The van der Waals surface area contributed by atoms with Gasteiger partial charge in [-0.1, -0.05) is 30.7 Å². The number of nitriles is 1. The highest BCUT2D eigenvalue weighted by atomic mass is 35.5. The van der Waals surface area contributed by atoms with E-state index in [0.717, 1.165) is 5.56 Å². The van der Waals surface area contributed by atoms with Crippen molar-refractivity contribution in [2.24, 2.45) is 5.73 Å². The SMILES string of the molecule is CCC1=C(C(=O)OC)[C@@H](c2ccc(Cl)cc2)C(C#N)=C(N)O1. The topological polar surface area (TPSA) is 85.3 Å². The molecule has 0 unspecified atom stereocenters. The zero-order valence-electron chi connectivity index (χ0n) is 12.2. The molecule has 6 heteroatoms. The fourth-order valence-electron chi connectivity index (χ4n) is 2.40. The predicted octanol–water partition coefficient (Wildman–Crippen LogP) is 2.98. The summed E-state index contributed by atoms with van der Waals surface area (Å²) in [6, 6.07) is 8.91. The molecular weight excluding hydrogens is 304 g/mol. The van der Waals surface area contributed by atoms with Gasteiger partial charge in [0.25, 0.3) is 0 Å². The first-order chi connectivity index (χ1) is 10.5. The van der Waals surface area contributed by atoms with E-state index in [1.54, 1.807) is 24.3 Å². The normalized spacial score (nSPS) is 17.8. The molecule has 0 aromatic heterocycles. The number of nitrogens with zero attached hydrogens (tertiary/aromatic N) is 1. The lowest BCUT2D eigenvalue weighted by atomic mass is 9.82. The minimum Gasteiger partial charge on any atom is -0.466 e. The van der Waals surface area contributed by atoms with Crippen LogP contribution in [-0.2, 0) is 14.3 Å². The molecule has 0 saturated carbocycles. The molecule has 1 heterocycles. The van der Waals surface area contributed by atoms with E-state index in [1.165, 1.54) is 7.11 Å². The number of carbonyl (C=O) groups excluding carboxylic acids is 1. The average Bonchev–Trinajstić information content (AvgIpc) is 2.53. The monoisotopic (exact) mass is 318 g/mol. The van der Waals surface area contributed by atoms with Crippen LogP contribution >= 0.6 is 11.6 Å². The average molecular weight is 319 g/mol. The van der Waals surface area contributed by atoms with Crippen molar-refractivity contribution in [3.05, 3.63) is 57.6 Å². The maximum atomic E-state index is 12.2. The number of hydrogen-bond donors (Lipinski definition) is 1. The van der Waals surface area contributed by atoms with Crippen molar-refractivity contribution in [1.82, 2.24) is 0 Å². The summed E-state index contributed by atoms with van der Waals surface area (Å²) in [7, 11) is 1.29. The van der Waals surface area contributed by atoms with Gasteiger partial charge in [-0.3, -0.25) is 0 Å². The third-order valence-corrected chi connectivity index (χ3v) is 3.68. The molecule has 0 bridgehead atoms. The van der Waals surface area contributed by atoms with Gasteiger partial charge in [0.15, 0.2) is 0 Å². The standard InChI is InChI=1S/C16H15ClN2O3/c1-3-12-14(16(20)21-2)13(11(8-18)15(19)22-12)9-4-6-10(17)7-5-9/h4-7,13H,3,19H2,1-2H3/t13-/m0/s1. The van der Waals surface area contributed by atoms with Crippen LogP contribution in [-0.4, -0.2) is 13.1 Å². The van der Waals surface area contributed by atoms with Crippen molar-refractivity contribution in [2.45, 2.75) is 19.3 Å². The fourth-order valence-corrected chi connectivity index (χ4v) is 2.53. The molecule has 1 aromatic rings. The van der Waals surface area contributed by atoms with Crippen molar-refractivity contribution in [2.75, 3.05) is 7.11 Å². The summed E-state index contributed by atoms with van der Waals surface area (Å²) < 4.78 is 10.3. The molecule has 1 atom stereocenters. The molecule has 0 amide bonds. The molecule has 0 fully saturated rings. The Hall–Kier alpha value is -2.45. The van der Waals surface area contributed by atoms with E-state index >= 15 is 0 Å². The van der Waals surface area contributed by atoms with Gasteiger partial charge in [-0.15, -0.1) is 0 Å². The van der Waals surface area contributed by atoms with Crippen LogP contribution in [0.5, 0.6) is 0 Å². The van der Waals surface area contributed by atoms with Crippen LogP contribution in [0.1, 0.15) is 24.8 Å². The van der Waals surface area contributed by atoms with Gasteiger partial charge in [0.05, 0.1) is 18.6 Å². The lowest BCUT2D eigenvalue weighted by Gasteiger charge is -2.27. The Morgan fingerprint density at radius 3 is 2.59 bits per heavy atom. The largest absolute Gasteiger partial charge is 0.466 e. The molecule has 0 aliphatic carbocycles.